The molecule has 112 valence electrons. The Bertz CT molecular complexity index is 689. The highest BCUT2D eigenvalue weighted by Gasteiger charge is 2.26. The average Bonchev–Trinajstić information content (AvgIpc) is 3.04. The first-order chi connectivity index (χ1) is 10.1. The molecule has 1 aliphatic carbocycles. The summed E-state index contributed by atoms with van der Waals surface area (Å²) in [5, 5.41) is 0.480. The lowest BCUT2D eigenvalue weighted by Gasteiger charge is -2.17. The Labute approximate surface area is 131 Å². The highest BCUT2D eigenvalue weighted by molar-refractivity contribution is 9.10. The van der Waals surface area contributed by atoms with E-state index in [4.69, 9.17) is 4.74 Å². The van der Waals surface area contributed by atoms with Gasteiger partial charge in [-0.15, -0.1) is 0 Å². The van der Waals surface area contributed by atoms with E-state index in [9.17, 15) is 9.18 Å². The highest BCUT2D eigenvalue weighted by Crippen LogP contribution is 2.36. The number of aromatic nitrogens is 1. The first-order valence-electron chi connectivity index (χ1n) is 7.29. The largest absolute Gasteiger partial charge is 0.461 e. The Balaban J connectivity index is 2.22. The Hall–Kier alpha value is -1.36. The van der Waals surface area contributed by atoms with Gasteiger partial charge in [0.25, 0.3) is 0 Å². The molecule has 0 atom stereocenters. The van der Waals surface area contributed by atoms with Crippen LogP contribution >= 0.6 is 15.9 Å². The zero-order valence-electron chi connectivity index (χ0n) is 11.9. The molecule has 1 aromatic heterocycles. The second-order valence-electron chi connectivity index (χ2n) is 5.38. The Morgan fingerprint density at radius 3 is 2.76 bits per heavy atom. The third kappa shape index (κ3) is 2.59. The lowest BCUT2D eigenvalue weighted by atomic mass is 10.2. The number of carbonyl (C=O) groups excluding carboxylic acids is 1. The molecule has 0 aliphatic heterocycles. The summed E-state index contributed by atoms with van der Waals surface area (Å²) in [4.78, 5) is 12.2. The lowest BCUT2D eigenvalue weighted by molar-refractivity contribution is 0.0512. The van der Waals surface area contributed by atoms with Crippen LogP contribution < -0.4 is 0 Å². The number of ether oxygens (including phenoxy) is 1. The van der Waals surface area contributed by atoms with E-state index in [2.05, 4.69) is 15.9 Å². The maximum absolute atomic E-state index is 14.2. The first kappa shape index (κ1) is 14.6. The molecule has 0 radical (unpaired) electrons. The van der Waals surface area contributed by atoms with Gasteiger partial charge in [0.1, 0.15) is 11.5 Å². The van der Waals surface area contributed by atoms with E-state index < -0.39 is 0 Å². The molecule has 1 aromatic carbocycles. The molecule has 3 rings (SSSR count). The van der Waals surface area contributed by atoms with Gasteiger partial charge in [0, 0.05) is 15.9 Å². The fourth-order valence-corrected chi connectivity index (χ4v) is 3.59. The van der Waals surface area contributed by atoms with E-state index in [-0.39, 0.29) is 17.8 Å². The molecule has 0 bridgehead atoms. The fourth-order valence-electron chi connectivity index (χ4n) is 3.17. The minimum atomic E-state index is -0.379. The Kier molecular flexibility index (Phi) is 4.02. The molecule has 0 unspecified atom stereocenters. The minimum Gasteiger partial charge on any atom is -0.461 e. The maximum atomic E-state index is 14.2. The van der Waals surface area contributed by atoms with E-state index >= 15 is 0 Å². The van der Waals surface area contributed by atoms with Gasteiger partial charge < -0.3 is 9.30 Å². The number of carbonyl (C=O) groups is 1. The smallest absolute Gasteiger partial charge is 0.354 e. The van der Waals surface area contributed by atoms with Crippen LogP contribution in [-0.2, 0) is 4.74 Å². The molecule has 0 N–H and O–H groups in total. The summed E-state index contributed by atoms with van der Waals surface area (Å²) in [5.41, 5.74) is 1.22. The van der Waals surface area contributed by atoms with Crippen LogP contribution in [0.4, 0.5) is 4.39 Å². The van der Waals surface area contributed by atoms with E-state index in [0.29, 0.717) is 22.2 Å². The van der Waals surface area contributed by atoms with Crippen molar-refractivity contribution < 1.29 is 13.9 Å². The van der Waals surface area contributed by atoms with Gasteiger partial charge in [-0.05, 0) is 38.0 Å². The van der Waals surface area contributed by atoms with Crippen LogP contribution in [-0.4, -0.2) is 17.1 Å². The molecule has 3 nitrogen and oxygen atoms in total. The predicted molar refractivity (Wildman–Crippen MR) is 83.1 cm³/mol. The van der Waals surface area contributed by atoms with Gasteiger partial charge in [0.2, 0.25) is 0 Å². The van der Waals surface area contributed by atoms with E-state index in [1.54, 1.807) is 13.0 Å². The second-order valence-corrected chi connectivity index (χ2v) is 6.29. The third-order valence-corrected chi connectivity index (χ3v) is 4.50. The van der Waals surface area contributed by atoms with Crippen LogP contribution in [0.1, 0.15) is 49.1 Å². The number of hydrogen-bond acceptors (Lipinski definition) is 2. The van der Waals surface area contributed by atoms with Crippen LogP contribution in [0.15, 0.2) is 22.7 Å². The van der Waals surface area contributed by atoms with Gasteiger partial charge in [-0.3, -0.25) is 0 Å². The number of fused-ring (bicyclic) bond motifs is 1. The molecule has 21 heavy (non-hydrogen) atoms. The van der Waals surface area contributed by atoms with Crippen molar-refractivity contribution in [1.29, 1.82) is 0 Å². The molecular formula is C16H17BrFNO2. The van der Waals surface area contributed by atoms with Crippen molar-refractivity contribution in [3.63, 3.8) is 0 Å². The monoisotopic (exact) mass is 353 g/mol. The second kappa shape index (κ2) is 5.79. The van der Waals surface area contributed by atoms with Gasteiger partial charge in [-0.2, -0.15) is 0 Å². The Morgan fingerprint density at radius 2 is 2.10 bits per heavy atom. The summed E-state index contributed by atoms with van der Waals surface area (Å²) in [6.07, 6.45) is 4.32. The fraction of sp³-hybridized carbons (Fsp3) is 0.438. The van der Waals surface area contributed by atoms with Crippen molar-refractivity contribution in [2.45, 2.75) is 38.6 Å². The van der Waals surface area contributed by atoms with Crippen molar-refractivity contribution in [1.82, 2.24) is 4.57 Å². The number of esters is 1. The van der Waals surface area contributed by atoms with E-state index in [1.807, 2.05) is 10.6 Å². The number of rotatable bonds is 3. The lowest BCUT2D eigenvalue weighted by Crippen LogP contribution is -2.15. The van der Waals surface area contributed by atoms with E-state index in [1.165, 1.54) is 6.07 Å². The average molecular weight is 354 g/mol. The molecule has 1 fully saturated rings. The number of benzene rings is 1. The summed E-state index contributed by atoms with van der Waals surface area (Å²) < 4.78 is 22.0. The number of nitrogens with zero attached hydrogens (tertiary/aromatic N) is 1. The number of halogens is 2. The molecule has 0 amide bonds. The van der Waals surface area contributed by atoms with Gasteiger partial charge in [-0.25, -0.2) is 9.18 Å². The van der Waals surface area contributed by atoms with Crippen molar-refractivity contribution >= 4 is 32.8 Å². The van der Waals surface area contributed by atoms with Gasteiger partial charge in [-0.1, -0.05) is 28.8 Å². The van der Waals surface area contributed by atoms with Crippen molar-refractivity contribution in [3.05, 3.63) is 34.2 Å². The van der Waals surface area contributed by atoms with Crippen LogP contribution in [0.25, 0.3) is 10.9 Å². The number of hydrogen-bond donors (Lipinski definition) is 0. The summed E-state index contributed by atoms with van der Waals surface area (Å²) in [5.74, 6) is -0.696. The summed E-state index contributed by atoms with van der Waals surface area (Å²) in [6, 6.07) is 5.17. The highest BCUT2D eigenvalue weighted by atomic mass is 79.9. The van der Waals surface area contributed by atoms with Gasteiger partial charge in [0.05, 0.1) is 12.1 Å². The predicted octanol–water partition coefficient (Wildman–Crippen LogP) is 4.83. The quantitative estimate of drug-likeness (QED) is 0.739. The molecule has 1 aliphatic rings. The summed E-state index contributed by atoms with van der Waals surface area (Å²) in [6.45, 7) is 2.09. The normalized spacial score (nSPS) is 15.8. The summed E-state index contributed by atoms with van der Waals surface area (Å²) >= 11 is 3.33. The zero-order valence-corrected chi connectivity index (χ0v) is 13.5. The van der Waals surface area contributed by atoms with Crippen LogP contribution in [0.2, 0.25) is 0 Å². The van der Waals surface area contributed by atoms with Crippen LogP contribution in [0.5, 0.6) is 0 Å². The molecule has 1 saturated carbocycles. The topological polar surface area (TPSA) is 31.2 Å². The van der Waals surface area contributed by atoms with Crippen molar-refractivity contribution in [2.24, 2.45) is 0 Å². The molecular weight excluding hydrogens is 337 g/mol. The molecule has 5 heteroatoms. The molecule has 1 heterocycles. The minimum absolute atomic E-state index is 0.246. The van der Waals surface area contributed by atoms with Crippen molar-refractivity contribution in [2.75, 3.05) is 6.61 Å². The zero-order chi connectivity index (χ0) is 15.0. The van der Waals surface area contributed by atoms with Gasteiger partial charge >= 0.3 is 5.97 Å². The van der Waals surface area contributed by atoms with Crippen LogP contribution in [0, 0.1) is 5.82 Å². The van der Waals surface area contributed by atoms with Gasteiger partial charge in [0.15, 0.2) is 0 Å². The van der Waals surface area contributed by atoms with Crippen molar-refractivity contribution in [3.8, 4) is 0 Å². The van der Waals surface area contributed by atoms with E-state index in [0.717, 1.165) is 31.2 Å². The molecule has 0 saturated heterocycles. The third-order valence-electron chi connectivity index (χ3n) is 4.05. The molecule has 0 spiro atoms. The standard InChI is InChI=1S/C16H17BrFNO2/c1-2-21-16(20)15-9-12-13(18)7-10(17)8-14(12)19(15)11-5-3-4-6-11/h7-9,11H,2-6H2,1H3. The molecule has 2 aromatic rings. The SMILES string of the molecule is CCOC(=O)c1cc2c(F)cc(Br)cc2n1C1CCCC1. The first-order valence-corrected chi connectivity index (χ1v) is 8.08. The van der Waals surface area contributed by atoms with Crippen LogP contribution in [0.3, 0.4) is 0 Å². The maximum Gasteiger partial charge on any atom is 0.354 e. The Morgan fingerprint density at radius 1 is 1.38 bits per heavy atom. The summed E-state index contributed by atoms with van der Waals surface area (Å²) in [7, 11) is 0.